The molecule has 0 atom stereocenters. The van der Waals surface area contributed by atoms with Crippen molar-refractivity contribution in [2.45, 2.75) is 72.1 Å². The summed E-state index contributed by atoms with van der Waals surface area (Å²) in [5, 5.41) is 17.6. The minimum atomic E-state index is -0.740. The molecule has 5 aromatic heterocycles. The summed E-state index contributed by atoms with van der Waals surface area (Å²) < 4.78 is 5.74. The molecule has 0 saturated carbocycles. The van der Waals surface area contributed by atoms with E-state index < -0.39 is 5.60 Å². The van der Waals surface area contributed by atoms with Gasteiger partial charge in [-0.15, -0.1) is 0 Å². The van der Waals surface area contributed by atoms with Gasteiger partial charge in [-0.2, -0.15) is 5.10 Å². The summed E-state index contributed by atoms with van der Waals surface area (Å²) in [6, 6.07) is 6.28. The van der Waals surface area contributed by atoms with Gasteiger partial charge in [0.15, 0.2) is 0 Å². The number of carbonyl (C=O) groups excluding carboxylic acids is 1. The summed E-state index contributed by atoms with van der Waals surface area (Å²) in [4.78, 5) is 22.1. The predicted molar refractivity (Wildman–Crippen MR) is 146 cm³/mol. The molecular weight excluding hydrogens is 478 g/mol. The number of rotatable bonds is 9. The SMILES string of the molecule is Cc1ccn2cnc(CNC(=O)c3cnn(Cc4cn5cc(C(C)C)cc(CCC(C)(C)O)c5n4)c3)c2c1. The fraction of sp³-hybridized carbons (Fsp3) is 0.379. The van der Waals surface area contributed by atoms with E-state index in [2.05, 4.69) is 52.0 Å². The molecule has 5 aromatic rings. The van der Waals surface area contributed by atoms with E-state index in [0.717, 1.165) is 40.1 Å². The Bertz CT molecular complexity index is 1600. The largest absolute Gasteiger partial charge is 0.390 e. The molecule has 1 amide bonds. The normalized spacial score (nSPS) is 12.2. The maximum Gasteiger partial charge on any atom is 0.254 e. The van der Waals surface area contributed by atoms with Gasteiger partial charge in [0.2, 0.25) is 0 Å². The van der Waals surface area contributed by atoms with Crippen LogP contribution in [0.2, 0.25) is 0 Å². The molecule has 0 aliphatic heterocycles. The zero-order valence-electron chi connectivity index (χ0n) is 22.6. The van der Waals surface area contributed by atoms with Gasteiger partial charge < -0.3 is 19.2 Å². The Morgan fingerprint density at radius 3 is 2.74 bits per heavy atom. The highest BCUT2D eigenvalue weighted by Crippen LogP contribution is 2.23. The molecular formula is C29H35N7O2. The molecule has 38 heavy (non-hydrogen) atoms. The number of aliphatic hydroxyl groups is 1. The van der Waals surface area contributed by atoms with Gasteiger partial charge in [0.25, 0.3) is 5.91 Å². The second-order valence-electron chi connectivity index (χ2n) is 11.0. The van der Waals surface area contributed by atoms with E-state index in [9.17, 15) is 9.90 Å². The highest BCUT2D eigenvalue weighted by Gasteiger charge is 2.17. The van der Waals surface area contributed by atoms with Crippen LogP contribution < -0.4 is 5.32 Å². The molecule has 5 rings (SSSR count). The van der Waals surface area contributed by atoms with Crippen molar-refractivity contribution in [3.05, 3.63) is 89.2 Å². The summed E-state index contributed by atoms with van der Waals surface area (Å²) >= 11 is 0. The van der Waals surface area contributed by atoms with Crippen LogP contribution in [0, 0.1) is 6.92 Å². The van der Waals surface area contributed by atoms with E-state index >= 15 is 0 Å². The van der Waals surface area contributed by atoms with E-state index in [4.69, 9.17) is 4.98 Å². The summed E-state index contributed by atoms with van der Waals surface area (Å²) in [6.07, 6.45) is 12.6. The summed E-state index contributed by atoms with van der Waals surface area (Å²) in [7, 11) is 0. The van der Waals surface area contributed by atoms with Gasteiger partial charge in [0, 0.05) is 24.8 Å². The van der Waals surface area contributed by atoms with Crippen LogP contribution in [-0.4, -0.2) is 45.2 Å². The van der Waals surface area contributed by atoms with Gasteiger partial charge in [-0.1, -0.05) is 19.9 Å². The average molecular weight is 514 g/mol. The second kappa shape index (κ2) is 10.1. The Labute approximate surface area is 222 Å². The van der Waals surface area contributed by atoms with Crippen molar-refractivity contribution < 1.29 is 9.90 Å². The first-order valence-corrected chi connectivity index (χ1v) is 13.0. The molecule has 5 heterocycles. The zero-order chi connectivity index (χ0) is 27.0. The summed E-state index contributed by atoms with van der Waals surface area (Å²) in [5.74, 6) is 0.179. The standard InChI is InChI=1S/C29H35N7O2/c1-19(2)22-11-21(6-8-29(4,5)38)27-33-24(16-35(27)14-22)17-36-15-23(12-32-36)28(37)30-13-25-26-10-20(3)7-9-34(26)18-31-25/h7,9-12,14-16,18-19,38H,6,8,13,17H2,1-5H3,(H,30,37). The maximum atomic E-state index is 12.8. The Hall–Kier alpha value is -3.98. The third kappa shape index (κ3) is 5.62. The van der Waals surface area contributed by atoms with Crippen LogP contribution in [0.5, 0.6) is 0 Å². The van der Waals surface area contributed by atoms with Crippen molar-refractivity contribution >= 4 is 17.1 Å². The first kappa shape index (κ1) is 25.7. The number of hydrogen-bond donors (Lipinski definition) is 2. The molecule has 0 spiro atoms. The lowest BCUT2D eigenvalue weighted by Gasteiger charge is -2.17. The van der Waals surface area contributed by atoms with Gasteiger partial charge in [-0.25, -0.2) is 9.97 Å². The number of hydrogen-bond acceptors (Lipinski definition) is 5. The highest BCUT2D eigenvalue weighted by molar-refractivity contribution is 5.93. The lowest BCUT2D eigenvalue weighted by atomic mass is 9.97. The molecule has 9 nitrogen and oxygen atoms in total. The number of nitrogens with zero attached hydrogens (tertiary/aromatic N) is 6. The van der Waals surface area contributed by atoms with E-state index in [1.54, 1.807) is 23.4 Å². The van der Waals surface area contributed by atoms with Gasteiger partial charge in [0.1, 0.15) is 5.65 Å². The first-order chi connectivity index (χ1) is 18.1. The number of aromatic nitrogens is 6. The van der Waals surface area contributed by atoms with Gasteiger partial charge in [0.05, 0.1) is 53.7 Å². The minimum absolute atomic E-state index is 0.199. The number of carbonyl (C=O) groups is 1. The van der Waals surface area contributed by atoms with Crippen molar-refractivity contribution in [2.24, 2.45) is 0 Å². The fourth-order valence-corrected chi connectivity index (χ4v) is 4.54. The molecule has 2 N–H and O–H groups in total. The Balaban J connectivity index is 1.30. The molecule has 9 heteroatoms. The van der Waals surface area contributed by atoms with Crippen molar-refractivity contribution in [3.63, 3.8) is 0 Å². The van der Waals surface area contributed by atoms with Crippen LogP contribution in [-0.2, 0) is 19.5 Å². The molecule has 0 aliphatic rings. The van der Waals surface area contributed by atoms with Crippen molar-refractivity contribution in [1.82, 2.24) is 33.9 Å². The van der Waals surface area contributed by atoms with Crippen molar-refractivity contribution in [2.75, 3.05) is 0 Å². The van der Waals surface area contributed by atoms with Crippen LogP contribution in [0.3, 0.4) is 0 Å². The number of aryl methyl sites for hydroxylation is 2. The number of amides is 1. The van der Waals surface area contributed by atoms with Crippen molar-refractivity contribution in [3.8, 4) is 0 Å². The average Bonchev–Trinajstić information content (AvgIpc) is 3.58. The van der Waals surface area contributed by atoms with Crippen LogP contribution in [0.1, 0.15) is 78.5 Å². The number of nitrogens with one attached hydrogen (secondary N) is 1. The van der Waals surface area contributed by atoms with Crippen LogP contribution >= 0.6 is 0 Å². The molecule has 0 radical (unpaired) electrons. The summed E-state index contributed by atoms with van der Waals surface area (Å²) in [5.41, 5.74) is 6.78. The molecule has 0 unspecified atom stereocenters. The lowest BCUT2D eigenvalue weighted by Crippen LogP contribution is -2.22. The van der Waals surface area contributed by atoms with Crippen LogP contribution in [0.25, 0.3) is 11.2 Å². The van der Waals surface area contributed by atoms with Crippen LogP contribution in [0.4, 0.5) is 0 Å². The Morgan fingerprint density at radius 2 is 1.97 bits per heavy atom. The van der Waals surface area contributed by atoms with Gasteiger partial charge >= 0.3 is 0 Å². The molecule has 0 aliphatic carbocycles. The number of imidazole rings is 2. The topological polar surface area (TPSA) is 102 Å². The van der Waals surface area contributed by atoms with E-state index in [1.807, 2.05) is 43.6 Å². The first-order valence-electron chi connectivity index (χ1n) is 13.0. The minimum Gasteiger partial charge on any atom is -0.390 e. The molecule has 0 aromatic carbocycles. The zero-order valence-corrected chi connectivity index (χ0v) is 22.6. The van der Waals surface area contributed by atoms with Gasteiger partial charge in [-0.3, -0.25) is 9.48 Å². The van der Waals surface area contributed by atoms with Crippen molar-refractivity contribution in [1.29, 1.82) is 0 Å². The summed E-state index contributed by atoms with van der Waals surface area (Å²) in [6.45, 7) is 10.8. The number of pyridine rings is 2. The third-order valence-corrected chi connectivity index (χ3v) is 6.78. The van der Waals surface area contributed by atoms with Crippen LogP contribution in [0.15, 0.2) is 55.5 Å². The fourth-order valence-electron chi connectivity index (χ4n) is 4.54. The van der Waals surface area contributed by atoms with E-state index in [-0.39, 0.29) is 5.91 Å². The smallest absolute Gasteiger partial charge is 0.254 e. The molecule has 198 valence electrons. The Morgan fingerprint density at radius 1 is 1.16 bits per heavy atom. The predicted octanol–water partition coefficient (Wildman–Crippen LogP) is 4.29. The molecule has 0 saturated heterocycles. The second-order valence-corrected chi connectivity index (χ2v) is 11.0. The van der Waals surface area contributed by atoms with E-state index in [1.165, 1.54) is 5.56 Å². The van der Waals surface area contributed by atoms with Gasteiger partial charge in [-0.05, 0) is 68.4 Å². The quantitative estimate of drug-likeness (QED) is 0.306. The highest BCUT2D eigenvalue weighted by atomic mass is 16.3. The van der Waals surface area contributed by atoms with E-state index in [0.29, 0.717) is 31.0 Å². The molecule has 0 bridgehead atoms. The third-order valence-electron chi connectivity index (χ3n) is 6.78. The molecule has 0 fully saturated rings. The lowest BCUT2D eigenvalue weighted by molar-refractivity contribution is 0.0714. The number of fused-ring (bicyclic) bond motifs is 2. The Kier molecular flexibility index (Phi) is 6.79. The maximum absolute atomic E-state index is 12.8. The monoisotopic (exact) mass is 513 g/mol.